The van der Waals surface area contributed by atoms with Crippen molar-refractivity contribution in [1.29, 1.82) is 0 Å². The monoisotopic (exact) mass is 420 g/mol. The fourth-order valence-corrected chi connectivity index (χ4v) is 3.00. The zero-order chi connectivity index (χ0) is 20.7. The fourth-order valence-electron chi connectivity index (χ4n) is 2.42. The zero-order valence-corrected chi connectivity index (χ0v) is 18.0. The lowest BCUT2D eigenvalue weighted by Gasteiger charge is -2.18. The lowest BCUT2D eigenvalue weighted by molar-refractivity contribution is 0.0526. The Morgan fingerprint density at radius 2 is 1.93 bits per heavy atom. The third-order valence-corrected chi connectivity index (χ3v) is 4.61. The highest BCUT2D eigenvalue weighted by Crippen LogP contribution is 2.22. The van der Waals surface area contributed by atoms with Gasteiger partial charge in [0.05, 0.1) is 23.2 Å². The van der Waals surface area contributed by atoms with Crippen LogP contribution < -0.4 is 15.4 Å². The van der Waals surface area contributed by atoms with Gasteiger partial charge in [-0.1, -0.05) is 17.7 Å². The van der Waals surface area contributed by atoms with Crippen LogP contribution in [0.25, 0.3) is 0 Å². The van der Waals surface area contributed by atoms with E-state index in [9.17, 15) is 4.79 Å². The van der Waals surface area contributed by atoms with Crippen LogP contribution in [-0.4, -0.2) is 30.3 Å². The molecule has 0 radical (unpaired) electrons. The lowest BCUT2D eigenvalue weighted by Crippen LogP contribution is -2.39. The second-order valence-electron chi connectivity index (χ2n) is 6.47. The zero-order valence-electron chi connectivity index (χ0n) is 16.5. The van der Waals surface area contributed by atoms with Crippen LogP contribution in [0.4, 0.5) is 5.69 Å². The molecule has 0 aliphatic carbocycles. The first-order valence-electron chi connectivity index (χ1n) is 9.04. The maximum absolute atomic E-state index is 11.8. The Labute approximate surface area is 176 Å². The number of aryl methyl sites for hydroxylation is 2. The van der Waals surface area contributed by atoms with E-state index in [1.807, 2.05) is 25.1 Å². The first-order chi connectivity index (χ1) is 13.3. The van der Waals surface area contributed by atoms with Gasteiger partial charge in [0.1, 0.15) is 12.4 Å². The van der Waals surface area contributed by atoms with Gasteiger partial charge in [0.15, 0.2) is 5.11 Å². The third kappa shape index (κ3) is 6.39. The Kier molecular flexibility index (Phi) is 8.08. The van der Waals surface area contributed by atoms with Crippen LogP contribution in [-0.2, 0) is 4.74 Å². The van der Waals surface area contributed by atoms with Crippen molar-refractivity contribution >= 4 is 40.6 Å². The summed E-state index contributed by atoms with van der Waals surface area (Å²) in [6.07, 6.45) is 0. The number of ether oxygens (including phenoxy) is 2. The minimum atomic E-state index is -0.447. The number of hydrogen-bond donors (Lipinski definition) is 2. The summed E-state index contributed by atoms with van der Waals surface area (Å²) in [5.41, 5.74) is 3.43. The molecule has 2 aromatic carbocycles. The van der Waals surface area contributed by atoms with E-state index in [-0.39, 0.29) is 6.04 Å². The van der Waals surface area contributed by atoms with Crippen LogP contribution in [0, 0.1) is 13.8 Å². The maximum atomic E-state index is 11.8. The lowest BCUT2D eigenvalue weighted by atomic mass is 10.1. The van der Waals surface area contributed by atoms with Gasteiger partial charge in [0, 0.05) is 5.69 Å². The number of esters is 1. The SMILES string of the molecule is CCOC(=O)c1ccc(NC(=S)NC(C)COc2ccc(C)c(C)c2)cc1Cl. The highest BCUT2D eigenvalue weighted by atomic mass is 35.5. The Balaban J connectivity index is 1.86. The first kappa shape index (κ1) is 22.0. The van der Waals surface area contributed by atoms with E-state index >= 15 is 0 Å². The molecule has 0 amide bonds. The number of halogens is 1. The molecule has 0 saturated heterocycles. The molecule has 7 heteroatoms. The van der Waals surface area contributed by atoms with Crippen molar-refractivity contribution in [3.8, 4) is 5.75 Å². The van der Waals surface area contributed by atoms with Gasteiger partial charge in [0.25, 0.3) is 0 Å². The normalized spacial score (nSPS) is 11.5. The number of benzene rings is 2. The Morgan fingerprint density at radius 1 is 1.18 bits per heavy atom. The van der Waals surface area contributed by atoms with Crippen LogP contribution in [0.1, 0.15) is 35.3 Å². The average molecular weight is 421 g/mol. The summed E-state index contributed by atoms with van der Waals surface area (Å²) < 4.78 is 10.8. The second-order valence-corrected chi connectivity index (χ2v) is 7.29. The summed E-state index contributed by atoms with van der Waals surface area (Å²) in [6.45, 7) is 8.61. The number of nitrogens with one attached hydrogen (secondary N) is 2. The maximum Gasteiger partial charge on any atom is 0.339 e. The molecule has 0 aromatic heterocycles. The summed E-state index contributed by atoms with van der Waals surface area (Å²) in [4.78, 5) is 11.8. The summed E-state index contributed by atoms with van der Waals surface area (Å²) >= 11 is 11.5. The van der Waals surface area contributed by atoms with Crippen molar-refractivity contribution in [3.05, 3.63) is 58.1 Å². The smallest absolute Gasteiger partial charge is 0.339 e. The van der Waals surface area contributed by atoms with Crippen molar-refractivity contribution in [2.24, 2.45) is 0 Å². The van der Waals surface area contributed by atoms with Crippen molar-refractivity contribution in [2.45, 2.75) is 33.7 Å². The van der Waals surface area contributed by atoms with Crippen molar-refractivity contribution in [3.63, 3.8) is 0 Å². The number of thiocarbonyl (C=S) groups is 1. The van der Waals surface area contributed by atoms with Crippen molar-refractivity contribution < 1.29 is 14.3 Å². The number of carbonyl (C=O) groups excluding carboxylic acids is 1. The third-order valence-electron chi connectivity index (χ3n) is 4.08. The van der Waals surface area contributed by atoms with Gasteiger partial charge in [-0.3, -0.25) is 0 Å². The molecule has 0 heterocycles. The molecule has 0 spiro atoms. The molecule has 0 aliphatic heterocycles. The van der Waals surface area contributed by atoms with Crippen molar-refractivity contribution in [1.82, 2.24) is 5.32 Å². The molecule has 0 bridgehead atoms. The van der Waals surface area contributed by atoms with Crippen LogP contribution in [0.15, 0.2) is 36.4 Å². The summed E-state index contributed by atoms with van der Waals surface area (Å²) in [6, 6.07) is 11.0. The van der Waals surface area contributed by atoms with E-state index in [0.717, 1.165) is 5.75 Å². The van der Waals surface area contributed by atoms with Crippen LogP contribution >= 0.6 is 23.8 Å². The molecular formula is C21H25ClN2O3S. The largest absolute Gasteiger partial charge is 0.491 e. The molecule has 1 atom stereocenters. The van der Waals surface area contributed by atoms with Gasteiger partial charge in [-0.2, -0.15) is 0 Å². The number of carbonyl (C=O) groups is 1. The van der Waals surface area contributed by atoms with Gasteiger partial charge >= 0.3 is 5.97 Å². The molecule has 0 aliphatic rings. The van der Waals surface area contributed by atoms with E-state index in [1.165, 1.54) is 11.1 Å². The predicted octanol–water partition coefficient (Wildman–Crippen LogP) is 4.89. The van der Waals surface area contributed by atoms with Crippen LogP contribution in [0.2, 0.25) is 5.02 Å². The summed E-state index contributed by atoms with van der Waals surface area (Å²) in [5, 5.41) is 6.96. The number of anilines is 1. The summed E-state index contributed by atoms with van der Waals surface area (Å²) in [5.74, 6) is 0.383. The molecule has 1 unspecified atom stereocenters. The highest BCUT2D eigenvalue weighted by Gasteiger charge is 2.12. The standard InChI is InChI=1S/C21H25ClN2O3S/c1-5-26-20(25)18-9-7-16(11-19(18)22)24-21(28)23-15(4)12-27-17-8-6-13(2)14(3)10-17/h6-11,15H,5,12H2,1-4H3,(H2,23,24,28). The van der Waals surface area contributed by atoms with Crippen molar-refractivity contribution in [2.75, 3.05) is 18.5 Å². The quantitative estimate of drug-likeness (QED) is 0.491. The Bertz CT molecular complexity index is 858. The van der Waals surface area contributed by atoms with E-state index in [0.29, 0.717) is 34.6 Å². The number of rotatable bonds is 7. The molecule has 28 heavy (non-hydrogen) atoms. The Morgan fingerprint density at radius 3 is 2.57 bits per heavy atom. The Hall–Kier alpha value is -2.31. The van der Waals surface area contributed by atoms with Crippen LogP contribution in [0.3, 0.4) is 0 Å². The van der Waals surface area contributed by atoms with E-state index in [2.05, 4.69) is 24.5 Å². The molecule has 150 valence electrons. The average Bonchev–Trinajstić information content (AvgIpc) is 2.63. The topological polar surface area (TPSA) is 59.6 Å². The van der Waals surface area contributed by atoms with Gasteiger partial charge in [-0.25, -0.2) is 4.79 Å². The molecule has 2 rings (SSSR count). The predicted molar refractivity (Wildman–Crippen MR) is 118 cm³/mol. The highest BCUT2D eigenvalue weighted by molar-refractivity contribution is 7.80. The molecular weight excluding hydrogens is 396 g/mol. The van der Waals surface area contributed by atoms with Gasteiger partial charge in [0.2, 0.25) is 0 Å². The molecule has 0 fully saturated rings. The summed E-state index contributed by atoms with van der Waals surface area (Å²) in [7, 11) is 0. The van der Waals surface area contributed by atoms with E-state index in [1.54, 1.807) is 25.1 Å². The van der Waals surface area contributed by atoms with Gasteiger partial charge in [-0.05, 0) is 81.4 Å². The van der Waals surface area contributed by atoms with E-state index < -0.39 is 5.97 Å². The minimum Gasteiger partial charge on any atom is -0.491 e. The van der Waals surface area contributed by atoms with Crippen LogP contribution in [0.5, 0.6) is 5.75 Å². The van der Waals surface area contributed by atoms with Gasteiger partial charge < -0.3 is 20.1 Å². The molecule has 2 N–H and O–H groups in total. The second kappa shape index (κ2) is 10.3. The van der Waals surface area contributed by atoms with E-state index in [4.69, 9.17) is 33.3 Å². The minimum absolute atomic E-state index is 0.00381. The molecule has 0 saturated carbocycles. The first-order valence-corrected chi connectivity index (χ1v) is 9.83. The number of hydrogen-bond acceptors (Lipinski definition) is 4. The molecule has 2 aromatic rings. The molecule has 5 nitrogen and oxygen atoms in total. The van der Waals surface area contributed by atoms with Gasteiger partial charge in [-0.15, -0.1) is 0 Å². The fraction of sp³-hybridized carbons (Fsp3) is 0.333.